The highest BCUT2D eigenvalue weighted by atomic mass is 19.4. The molecule has 0 saturated heterocycles. The normalized spacial score (nSPS) is 11.7. The van der Waals surface area contributed by atoms with Crippen LogP contribution < -0.4 is 0 Å². The fourth-order valence-electron chi connectivity index (χ4n) is 2.41. The molecular formula is C16H13F3NO2. The number of nitro groups is 1. The van der Waals surface area contributed by atoms with E-state index in [1.165, 1.54) is 19.9 Å². The number of nitrogens with zero attached hydrogens (tertiary/aromatic N) is 1. The second-order valence-corrected chi connectivity index (χ2v) is 5.00. The van der Waals surface area contributed by atoms with Crippen LogP contribution >= 0.6 is 0 Å². The number of nitro benzene ring substituents is 1. The van der Waals surface area contributed by atoms with Gasteiger partial charge >= 0.3 is 6.18 Å². The van der Waals surface area contributed by atoms with E-state index in [-0.39, 0.29) is 5.56 Å². The highest BCUT2D eigenvalue weighted by molar-refractivity contribution is 5.75. The Hall–Kier alpha value is -2.37. The van der Waals surface area contributed by atoms with Gasteiger partial charge in [-0.3, -0.25) is 10.1 Å². The van der Waals surface area contributed by atoms with Crippen LogP contribution in [0.2, 0.25) is 0 Å². The van der Waals surface area contributed by atoms with Crippen LogP contribution in [0.4, 0.5) is 18.9 Å². The molecule has 0 amide bonds. The number of rotatable bonds is 3. The van der Waals surface area contributed by atoms with E-state index in [2.05, 4.69) is 0 Å². The molecule has 0 N–H and O–H groups in total. The lowest BCUT2D eigenvalue weighted by atomic mass is 9.87. The average molecular weight is 308 g/mol. The van der Waals surface area contributed by atoms with Gasteiger partial charge in [0.1, 0.15) is 5.56 Å². The topological polar surface area (TPSA) is 43.1 Å². The minimum atomic E-state index is -4.81. The third kappa shape index (κ3) is 2.95. The van der Waals surface area contributed by atoms with Gasteiger partial charge in [-0.2, -0.15) is 13.2 Å². The number of hydrogen-bond donors (Lipinski definition) is 0. The molecule has 0 atom stereocenters. The fraction of sp³-hybridized carbons (Fsp3) is 0.188. The van der Waals surface area contributed by atoms with Crippen LogP contribution in [0.15, 0.2) is 42.5 Å². The van der Waals surface area contributed by atoms with E-state index in [0.29, 0.717) is 17.0 Å². The lowest BCUT2D eigenvalue weighted by Gasteiger charge is -2.19. The average Bonchev–Trinajstić information content (AvgIpc) is 2.45. The molecule has 0 saturated carbocycles. The summed E-state index contributed by atoms with van der Waals surface area (Å²) in [6.07, 6.45) is -4.81. The summed E-state index contributed by atoms with van der Waals surface area (Å²) in [5.74, 6) is 0.370. The van der Waals surface area contributed by atoms with E-state index in [1.54, 1.807) is 30.3 Å². The zero-order valence-electron chi connectivity index (χ0n) is 11.9. The number of hydrogen-bond acceptors (Lipinski definition) is 2. The molecule has 0 aliphatic carbocycles. The minimum absolute atomic E-state index is 0.132. The lowest BCUT2D eigenvalue weighted by molar-refractivity contribution is -0.388. The Bertz CT molecular complexity index is 695. The Kier molecular flexibility index (Phi) is 4.21. The maximum absolute atomic E-state index is 13.4. The second kappa shape index (κ2) is 5.79. The van der Waals surface area contributed by atoms with Crippen LogP contribution in [-0.2, 0) is 6.18 Å². The molecule has 2 aromatic rings. The SMILES string of the molecule is C[C](C)c1c(-c2ccccc2)ccc([N+](=O)[O-])c1C(F)(F)F. The second-order valence-electron chi connectivity index (χ2n) is 5.00. The molecule has 1 radical (unpaired) electrons. The highest BCUT2D eigenvalue weighted by Gasteiger charge is 2.42. The number of halogens is 3. The van der Waals surface area contributed by atoms with Gasteiger partial charge in [-0.05, 0) is 22.8 Å². The van der Waals surface area contributed by atoms with Crippen molar-refractivity contribution >= 4 is 5.69 Å². The van der Waals surface area contributed by atoms with Crippen molar-refractivity contribution in [1.29, 1.82) is 0 Å². The molecule has 0 unspecified atom stereocenters. The largest absolute Gasteiger partial charge is 0.423 e. The number of benzene rings is 2. The molecule has 6 heteroatoms. The van der Waals surface area contributed by atoms with Gasteiger partial charge < -0.3 is 0 Å². The molecule has 0 aromatic heterocycles. The Morgan fingerprint density at radius 1 is 1.05 bits per heavy atom. The van der Waals surface area contributed by atoms with Crippen molar-refractivity contribution in [2.24, 2.45) is 0 Å². The van der Waals surface area contributed by atoms with E-state index in [1.807, 2.05) is 0 Å². The maximum Gasteiger partial charge on any atom is 0.423 e. The molecule has 0 aliphatic rings. The van der Waals surface area contributed by atoms with Gasteiger partial charge in [0, 0.05) is 12.0 Å². The van der Waals surface area contributed by atoms with Gasteiger partial charge in [0.15, 0.2) is 0 Å². The summed E-state index contributed by atoms with van der Waals surface area (Å²) in [6.45, 7) is 3.03. The predicted molar refractivity (Wildman–Crippen MR) is 77.2 cm³/mol. The predicted octanol–water partition coefficient (Wildman–Crippen LogP) is 5.24. The summed E-state index contributed by atoms with van der Waals surface area (Å²) in [4.78, 5) is 9.99. The molecule has 0 spiro atoms. The fourth-order valence-corrected chi connectivity index (χ4v) is 2.41. The van der Waals surface area contributed by atoms with E-state index >= 15 is 0 Å². The van der Waals surface area contributed by atoms with Gasteiger partial charge in [0.25, 0.3) is 5.69 Å². The molecule has 22 heavy (non-hydrogen) atoms. The van der Waals surface area contributed by atoms with E-state index in [9.17, 15) is 23.3 Å². The van der Waals surface area contributed by atoms with Crippen LogP contribution in [0.1, 0.15) is 25.0 Å². The third-order valence-corrected chi connectivity index (χ3v) is 3.25. The quantitative estimate of drug-likeness (QED) is 0.574. The van der Waals surface area contributed by atoms with Crippen LogP contribution in [0.25, 0.3) is 11.1 Å². The summed E-state index contributed by atoms with van der Waals surface area (Å²) in [5, 5.41) is 11.0. The van der Waals surface area contributed by atoms with Crippen molar-refractivity contribution < 1.29 is 18.1 Å². The zero-order chi connectivity index (χ0) is 16.5. The first-order valence-electron chi connectivity index (χ1n) is 6.48. The Morgan fingerprint density at radius 3 is 2.09 bits per heavy atom. The molecule has 3 nitrogen and oxygen atoms in total. The molecule has 115 valence electrons. The van der Waals surface area contributed by atoms with Crippen molar-refractivity contribution in [3.05, 3.63) is 69.6 Å². The molecule has 2 rings (SSSR count). The summed E-state index contributed by atoms with van der Waals surface area (Å²) >= 11 is 0. The van der Waals surface area contributed by atoms with Gasteiger partial charge in [-0.1, -0.05) is 44.2 Å². The number of alkyl halides is 3. The van der Waals surface area contributed by atoms with Crippen molar-refractivity contribution in [3.63, 3.8) is 0 Å². The van der Waals surface area contributed by atoms with Crippen molar-refractivity contribution in [2.75, 3.05) is 0 Å². The van der Waals surface area contributed by atoms with Gasteiger partial charge in [-0.25, -0.2) is 0 Å². The van der Waals surface area contributed by atoms with Crippen LogP contribution in [0, 0.1) is 16.0 Å². The summed E-state index contributed by atoms with van der Waals surface area (Å²) < 4.78 is 40.2. The first-order valence-corrected chi connectivity index (χ1v) is 6.48. The molecule has 2 aromatic carbocycles. The Labute approximate surface area is 125 Å². The molecule has 0 heterocycles. The monoisotopic (exact) mass is 308 g/mol. The van der Waals surface area contributed by atoms with Crippen LogP contribution in [0.3, 0.4) is 0 Å². The molecule has 0 fully saturated rings. The highest BCUT2D eigenvalue weighted by Crippen LogP contribution is 2.44. The molecule has 0 bridgehead atoms. The van der Waals surface area contributed by atoms with E-state index in [0.717, 1.165) is 6.07 Å². The zero-order valence-corrected chi connectivity index (χ0v) is 11.9. The standard InChI is InChI=1S/C16H13F3NO2/c1-10(2)14-12(11-6-4-3-5-7-11)8-9-13(20(21)22)15(14)16(17,18)19/h3-9H,1-2H3. The van der Waals surface area contributed by atoms with E-state index in [4.69, 9.17) is 0 Å². The van der Waals surface area contributed by atoms with Crippen LogP contribution in [0.5, 0.6) is 0 Å². The smallest absolute Gasteiger partial charge is 0.258 e. The first kappa shape index (κ1) is 16.0. The summed E-state index contributed by atoms with van der Waals surface area (Å²) in [5.41, 5.74) is -1.34. The molecule has 0 aliphatic heterocycles. The van der Waals surface area contributed by atoms with Crippen LogP contribution in [-0.4, -0.2) is 4.92 Å². The van der Waals surface area contributed by atoms with Crippen molar-refractivity contribution in [3.8, 4) is 11.1 Å². The van der Waals surface area contributed by atoms with Gasteiger partial charge in [0.2, 0.25) is 0 Å². The summed E-state index contributed by atoms with van der Waals surface area (Å²) in [7, 11) is 0. The van der Waals surface area contributed by atoms with E-state index < -0.39 is 22.4 Å². The minimum Gasteiger partial charge on any atom is -0.258 e. The first-order chi connectivity index (χ1) is 10.2. The maximum atomic E-state index is 13.4. The Morgan fingerprint density at radius 2 is 1.64 bits per heavy atom. The molecular weight excluding hydrogens is 295 g/mol. The van der Waals surface area contributed by atoms with Gasteiger partial charge in [0.05, 0.1) is 4.92 Å². The van der Waals surface area contributed by atoms with Gasteiger partial charge in [-0.15, -0.1) is 0 Å². The summed E-state index contributed by atoms with van der Waals surface area (Å²) in [6, 6.07) is 10.8. The lowest BCUT2D eigenvalue weighted by Crippen LogP contribution is -2.15. The van der Waals surface area contributed by atoms with Crippen molar-refractivity contribution in [1.82, 2.24) is 0 Å². The van der Waals surface area contributed by atoms with Crippen molar-refractivity contribution in [2.45, 2.75) is 20.0 Å². The third-order valence-electron chi connectivity index (χ3n) is 3.25. The Balaban J connectivity index is 2.86.